The number of nitrogens with zero attached hydrogens (tertiary/aromatic N) is 8. The van der Waals surface area contributed by atoms with Gasteiger partial charge in [0, 0.05) is 67.1 Å². The second-order valence-electron chi connectivity index (χ2n) is 13.1. The van der Waals surface area contributed by atoms with E-state index in [-0.39, 0.29) is 29.4 Å². The van der Waals surface area contributed by atoms with E-state index in [9.17, 15) is 4.39 Å². The first kappa shape index (κ1) is 28.1. The summed E-state index contributed by atoms with van der Waals surface area (Å²) in [6.45, 7) is 3.74. The van der Waals surface area contributed by atoms with Crippen LogP contribution in [0.15, 0.2) is 30.9 Å². The van der Waals surface area contributed by atoms with Crippen LogP contribution in [0, 0.1) is 11.7 Å². The number of aromatic nitrogens is 7. The van der Waals surface area contributed by atoms with E-state index < -0.39 is 12.0 Å². The highest BCUT2D eigenvalue weighted by Gasteiger charge is 2.49. The van der Waals surface area contributed by atoms with E-state index in [0.29, 0.717) is 57.1 Å². The third-order valence-corrected chi connectivity index (χ3v) is 10.5. The fourth-order valence-corrected chi connectivity index (χ4v) is 8.32. The Morgan fingerprint density at radius 3 is 2.93 bits per heavy atom. The van der Waals surface area contributed by atoms with Crippen LogP contribution >= 0.6 is 11.6 Å². The summed E-state index contributed by atoms with van der Waals surface area (Å²) in [4.78, 5) is 18.7. The number of ether oxygens (including phenoxy) is 1. The zero-order valence-electron chi connectivity index (χ0n) is 25.1. The van der Waals surface area contributed by atoms with Gasteiger partial charge in [0.25, 0.3) is 0 Å². The molecule has 0 spiro atoms. The molecule has 0 amide bonds. The lowest BCUT2D eigenvalue weighted by molar-refractivity contribution is 0.107. The number of anilines is 1. The van der Waals surface area contributed by atoms with E-state index in [1.807, 2.05) is 29.2 Å². The molecule has 8 bridgehead atoms. The highest BCUT2D eigenvalue weighted by Crippen LogP contribution is 2.42. The van der Waals surface area contributed by atoms with Crippen molar-refractivity contribution in [1.82, 2.24) is 39.8 Å². The molecule has 13 heteroatoms. The third kappa shape index (κ3) is 4.56. The Balaban J connectivity index is 1.24. The van der Waals surface area contributed by atoms with E-state index in [0.717, 1.165) is 57.4 Å². The molecule has 3 fully saturated rings. The summed E-state index contributed by atoms with van der Waals surface area (Å²) >= 11 is 6.84. The van der Waals surface area contributed by atoms with Crippen molar-refractivity contribution in [3.05, 3.63) is 52.8 Å². The first-order valence-electron chi connectivity index (χ1n) is 15.9. The van der Waals surface area contributed by atoms with Crippen molar-refractivity contribution >= 4 is 51.4 Å². The highest BCUT2D eigenvalue weighted by atomic mass is 35.5. The van der Waals surface area contributed by atoms with Crippen LogP contribution in [0.5, 0.6) is 6.01 Å². The number of hydrogen-bond acceptors (Lipinski definition) is 8. The minimum atomic E-state index is -0.883. The zero-order chi connectivity index (χ0) is 31.0. The number of H-pyrrole nitrogens is 1. The Morgan fingerprint density at radius 1 is 1.07 bits per heavy atom. The summed E-state index contributed by atoms with van der Waals surface area (Å²) in [7, 11) is 0. The normalized spacial score (nSPS) is 25.1. The van der Waals surface area contributed by atoms with Crippen molar-refractivity contribution < 1.29 is 13.5 Å². The maximum Gasteiger partial charge on any atom is 0.319 e. The number of alkyl halides is 1. The Kier molecular flexibility index (Phi) is 6.53. The maximum absolute atomic E-state index is 17.0. The van der Waals surface area contributed by atoms with E-state index in [1.165, 1.54) is 0 Å². The SMILES string of the molecule is Fc1c2ncc3c(nc(OC[C@@]45CCCN4C[C@H](F)C5)nc13)N1CCC[C@H](C1)Cn1cc(cn1)/C=C\c1c(Cl)cc3[nH]ncc3c1-2. The molecule has 0 unspecified atom stereocenters. The zero-order valence-corrected chi connectivity index (χ0v) is 25.9. The van der Waals surface area contributed by atoms with Crippen LogP contribution in [-0.2, 0) is 6.54 Å². The van der Waals surface area contributed by atoms with Crippen molar-refractivity contribution in [1.29, 1.82) is 0 Å². The molecule has 46 heavy (non-hydrogen) atoms. The van der Waals surface area contributed by atoms with Crippen LogP contribution in [0.4, 0.5) is 14.6 Å². The lowest BCUT2D eigenvalue weighted by Gasteiger charge is -2.34. The number of hydrogen-bond donors (Lipinski definition) is 1. The summed E-state index contributed by atoms with van der Waals surface area (Å²) in [5, 5.41) is 13.4. The van der Waals surface area contributed by atoms with Crippen molar-refractivity contribution in [3.8, 4) is 17.3 Å². The number of piperidine rings is 1. The van der Waals surface area contributed by atoms with Crippen molar-refractivity contribution in [2.45, 2.75) is 50.4 Å². The molecule has 236 valence electrons. The number of aromatic amines is 1. The molecule has 0 saturated carbocycles. The van der Waals surface area contributed by atoms with Crippen LogP contribution in [0.1, 0.15) is 43.2 Å². The average molecular weight is 644 g/mol. The van der Waals surface area contributed by atoms with Crippen molar-refractivity contribution in [2.75, 3.05) is 37.7 Å². The van der Waals surface area contributed by atoms with Gasteiger partial charge in [-0.25, -0.2) is 8.78 Å². The molecule has 3 saturated heterocycles. The smallest absolute Gasteiger partial charge is 0.319 e. The van der Waals surface area contributed by atoms with Gasteiger partial charge in [0.1, 0.15) is 29.8 Å². The van der Waals surface area contributed by atoms with Gasteiger partial charge in [-0.1, -0.05) is 23.8 Å². The fraction of sp³-hybridized carbons (Fsp3) is 0.424. The van der Waals surface area contributed by atoms with Gasteiger partial charge in [0.2, 0.25) is 0 Å². The van der Waals surface area contributed by atoms with Gasteiger partial charge in [-0.3, -0.25) is 19.7 Å². The largest absolute Gasteiger partial charge is 0.461 e. The summed E-state index contributed by atoms with van der Waals surface area (Å²) in [5.41, 5.74) is 2.53. The molecule has 5 aliphatic heterocycles. The van der Waals surface area contributed by atoms with Gasteiger partial charge >= 0.3 is 6.01 Å². The predicted molar refractivity (Wildman–Crippen MR) is 172 cm³/mol. The van der Waals surface area contributed by atoms with Crippen LogP contribution in [-0.4, -0.2) is 84.3 Å². The van der Waals surface area contributed by atoms with E-state index in [4.69, 9.17) is 26.3 Å². The molecular formula is C33H32ClF2N9O. The van der Waals surface area contributed by atoms with Crippen LogP contribution in [0.2, 0.25) is 5.02 Å². The molecule has 10 nitrogen and oxygen atoms in total. The monoisotopic (exact) mass is 643 g/mol. The minimum Gasteiger partial charge on any atom is -0.461 e. The topological polar surface area (TPSA) is 101 Å². The Labute approximate surface area is 268 Å². The Bertz CT molecular complexity index is 2030. The molecule has 1 aromatic carbocycles. The first-order valence-corrected chi connectivity index (χ1v) is 16.3. The van der Waals surface area contributed by atoms with Gasteiger partial charge in [0.15, 0.2) is 5.82 Å². The lowest BCUT2D eigenvalue weighted by atomic mass is 9.95. The number of benzene rings is 1. The number of fused-ring (bicyclic) bond motifs is 3. The van der Waals surface area contributed by atoms with Crippen molar-refractivity contribution in [2.24, 2.45) is 5.92 Å². The molecule has 0 aliphatic carbocycles. The van der Waals surface area contributed by atoms with Gasteiger partial charge in [0.05, 0.1) is 33.9 Å². The van der Waals surface area contributed by atoms with E-state index in [1.54, 1.807) is 18.5 Å². The Hall–Kier alpha value is -4.16. The molecule has 1 N–H and O–H groups in total. The van der Waals surface area contributed by atoms with Gasteiger partial charge < -0.3 is 9.64 Å². The van der Waals surface area contributed by atoms with Crippen molar-refractivity contribution in [3.63, 3.8) is 0 Å². The molecule has 0 radical (unpaired) electrons. The Morgan fingerprint density at radius 2 is 2.00 bits per heavy atom. The molecule has 5 aliphatic rings. The number of halogens is 3. The number of nitrogens with one attached hydrogen (secondary N) is 1. The third-order valence-electron chi connectivity index (χ3n) is 10.2. The summed E-state index contributed by atoms with van der Waals surface area (Å²) in [6, 6.07) is 1.87. The number of pyridine rings is 1. The fourth-order valence-electron chi connectivity index (χ4n) is 8.06. The molecule has 5 aromatic rings. The van der Waals surface area contributed by atoms with Crippen LogP contribution in [0.25, 0.3) is 45.2 Å². The molecule has 9 heterocycles. The summed E-state index contributed by atoms with van der Waals surface area (Å²) in [6.07, 6.45) is 14.3. The average Bonchev–Trinajstić information content (AvgIpc) is 3.83. The first-order chi connectivity index (χ1) is 22.4. The van der Waals surface area contributed by atoms with Crippen LogP contribution in [0.3, 0.4) is 0 Å². The summed E-state index contributed by atoms with van der Waals surface area (Å²) in [5.74, 6) is 0.302. The minimum absolute atomic E-state index is 0.0849. The number of rotatable bonds is 3. The maximum atomic E-state index is 17.0. The molecule has 4 aromatic heterocycles. The second-order valence-corrected chi connectivity index (χ2v) is 13.5. The van der Waals surface area contributed by atoms with Gasteiger partial charge in [-0.2, -0.15) is 20.2 Å². The summed E-state index contributed by atoms with van der Waals surface area (Å²) < 4.78 is 39.9. The standard InChI is InChI=1S/C33H32ClF2N9O/c34-25-9-26-23(13-38-42-26)27-22(25)5-4-19-11-39-45(15-19)16-20-3-1-7-43(14-20)31-24-12-37-30(27)28(36)29(24)40-32(41-31)46-18-33-6-2-8-44(33)17-21(35)10-33/h4-5,9,11-13,15,20-21H,1-3,6-8,10,14,16-18H2,(H,38,42)/b5-4-/t20-,21-,33+/m1/s1. The second kappa shape index (κ2) is 10.7. The van der Waals surface area contributed by atoms with E-state index in [2.05, 4.69) is 30.1 Å². The van der Waals surface area contributed by atoms with Gasteiger partial charge in [-0.15, -0.1) is 0 Å². The predicted octanol–water partition coefficient (Wildman–Crippen LogP) is 5.91. The molecular weight excluding hydrogens is 612 g/mol. The quantitative estimate of drug-likeness (QED) is 0.259. The van der Waals surface area contributed by atoms with Gasteiger partial charge in [-0.05, 0) is 44.2 Å². The lowest BCUT2D eigenvalue weighted by Crippen LogP contribution is -2.43. The van der Waals surface area contributed by atoms with E-state index >= 15 is 4.39 Å². The molecule has 3 atom stereocenters. The molecule has 10 rings (SSSR count). The van der Waals surface area contributed by atoms with Crippen LogP contribution < -0.4 is 9.64 Å². The highest BCUT2D eigenvalue weighted by molar-refractivity contribution is 6.34.